The minimum atomic E-state index is -3.30. The van der Waals surface area contributed by atoms with Gasteiger partial charge in [-0.05, 0) is 24.8 Å². The van der Waals surface area contributed by atoms with Crippen molar-refractivity contribution in [2.24, 2.45) is 11.8 Å². The fourth-order valence-corrected chi connectivity index (χ4v) is 3.49. The predicted molar refractivity (Wildman–Crippen MR) is 62.4 cm³/mol. The van der Waals surface area contributed by atoms with Gasteiger partial charge in [-0.15, -0.1) is 0 Å². The average molecular weight is 262 g/mol. The third kappa shape index (κ3) is 2.43. The normalized spacial score (nSPS) is 33.6. The lowest BCUT2D eigenvalue weighted by atomic mass is 9.87. The summed E-state index contributed by atoms with van der Waals surface area (Å²) in [5.74, 6) is 0.581. The molecular formula is C11H19O5P. The molecule has 6 heteroatoms. The molecule has 0 N–H and O–H groups in total. The summed E-state index contributed by atoms with van der Waals surface area (Å²) in [6.45, 7) is 2.76. The SMILES string of the molecule is COP(=O)(OC)C1=C[C@H](C)[C@@H]2CCCO[C@@H]2O1. The number of hydrogen-bond donors (Lipinski definition) is 0. The molecule has 3 atom stereocenters. The van der Waals surface area contributed by atoms with E-state index in [0.29, 0.717) is 12.5 Å². The van der Waals surface area contributed by atoms with Crippen LogP contribution in [0.5, 0.6) is 0 Å². The van der Waals surface area contributed by atoms with Crippen LogP contribution in [0.2, 0.25) is 0 Å². The van der Waals surface area contributed by atoms with Gasteiger partial charge in [0.05, 0.1) is 6.61 Å². The first kappa shape index (κ1) is 13.1. The lowest BCUT2D eigenvalue weighted by Gasteiger charge is -2.39. The van der Waals surface area contributed by atoms with Gasteiger partial charge in [-0.2, -0.15) is 0 Å². The molecule has 0 aromatic heterocycles. The topological polar surface area (TPSA) is 54.0 Å². The van der Waals surface area contributed by atoms with Gasteiger partial charge in [-0.1, -0.05) is 6.92 Å². The molecule has 2 heterocycles. The molecule has 0 saturated carbocycles. The Kier molecular flexibility index (Phi) is 3.93. The molecule has 5 nitrogen and oxygen atoms in total. The minimum absolute atomic E-state index is 0.252. The minimum Gasteiger partial charge on any atom is -0.456 e. The second-order valence-corrected chi connectivity index (χ2v) is 6.56. The van der Waals surface area contributed by atoms with Gasteiger partial charge in [0.25, 0.3) is 0 Å². The zero-order chi connectivity index (χ0) is 12.5. The smallest absolute Gasteiger partial charge is 0.394 e. The molecule has 0 aromatic rings. The van der Waals surface area contributed by atoms with Gasteiger partial charge in [-0.3, -0.25) is 4.57 Å². The van der Waals surface area contributed by atoms with Crippen LogP contribution in [0.15, 0.2) is 11.6 Å². The first-order chi connectivity index (χ1) is 8.10. The van der Waals surface area contributed by atoms with Crippen molar-refractivity contribution in [2.45, 2.75) is 26.1 Å². The first-order valence-electron chi connectivity index (χ1n) is 5.83. The number of fused-ring (bicyclic) bond motifs is 1. The van der Waals surface area contributed by atoms with Gasteiger partial charge in [0.15, 0.2) is 0 Å². The van der Waals surface area contributed by atoms with Crippen LogP contribution in [0.3, 0.4) is 0 Å². The maximum atomic E-state index is 12.2. The molecule has 17 heavy (non-hydrogen) atoms. The molecular weight excluding hydrogens is 243 g/mol. The molecule has 98 valence electrons. The third-order valence-electron chi connectivity index (χ3n) is 3.38. The van der Waals surface area contributed by atoms with E-state index in [2.05, 4.69) is 6.92 Å². The summed E-state index contributed by atoms with van der Waals surface area (Å²) in [7, 11) is -0.590. The maximum Gasteiger partial charge on any atom is 0.394 e. The van der Waals surface area contributed by atoms with Gasteiger partial charge in [0.2, 0.25) is 11.8 Å². The van der Waals surface area contributed by atoms with Crippen molar-refractivity contribution in [1.82, 2.24) is 0 Å². The van der Waals surface area contributed by atoms with Crippen molar-refractivity contribution < 1.29 is 23.1 Å². The van der Waals surface area contributed by atoms with Crippen LogP contribution in [0.4, 0.5) is 0 Å². The van der Waals surface area contributed by atoms with E-state index >= 15 is 0 Å². The highest BCUT2D eigenvalue weighted by molar-refractivity contribution is 7.58. The van der Waals surface area contributed by atoms with E-state index in [1.54, 1.807) is 0 Å². The summed E-state index contributed by atoms with van der Waals surface area (Å²) >= 11 is 0. The Morgan fingerprint density at radius 2 is 2.12 bits per heavy atom. The molecule has 0 aromatic carbocycles. The Balaban J connectivity index is 2.23. The average Bonchev–Trinajstić information content (AvgIpc) is 2.38. The lowest BCUT2D eigenvalue weighted by Crippen LogP contribution is -2.38. The summed E-state index contributed by atoms with van der Waals surface area (Å²) < 4.78 is 33.3. The summed E-state index contributed by atoms with van der Waals surface area (Å²) in [4.78, 5) is 0. The zero-order valence-electron chi connectivity index (χ0n) is 10.4. The Morgan fingerprint density at radius 1 is 1.41 bits per heavy atom. The summed E-state index contributed by atoms with van der Waals surface area (Å²) in [6, 6.07) is 0. The second-order valence-electron chi connectivity index (χ2n) is 4.39. The van der Waals surface area contributed by atoms with Crippen LogP contribution in [-0.4, -0.2) is 27.1 Å². The summed E-state index contributed by atoms with van der Waals surface area (Å²) in [5, 5.41) is 0. The molecule has 0 radical (unpaired) electrons. The van der Waals surface area contributed by atoms with Gasteiger partial charge in [0, 0.05) is 20.1 Å². The van der Waals surface area contributed by atoms with Gasteiger partial charge < -0.3 is 18.5 Å². The van der Waals surface area contributed by atoms with E-state index in [-0.39, 0.29) is 17.7 Å². The number of allylic oxidation sites excluding steroid dienone is 1. The van der Waals surface area contributed by atoms with Gasteiger partial charge >= 0.3 is 7.60 Å². The lowest BCUT2D eigenvalue weighted by molar-refractivity contribution is -0.183. The standard InChI is InChI=1S/C11H19O5P/c1-8-7-10(17(12,13-2)14-3)16-11-9(8)5-4-6-15-11/h7-9,11H,4-6H2,1-3H3/t8-,9-,11+/m0/s1. The van der Waals surface area contributed by atoms with Crippen LogP contribution < -0.4 is 0 Å². The van der Waals surface area contributed by atoms with Crippen LogP contribution in [0, 0.1) is 11.8 Å². The van der Waals surface area contributed by atoms with E-state index in [1.807, 2.05) is 6.08 Å². The van der Waals surface area contributed by atoms with Crippen LogP contribution >= 0.6 is 7.60 Å². The van der Waals surface area contributed by atoms with Crippen LogP contribution in [0.1, 0.15) is 19.8 Å². The van der Waals surface area contributed by atoms with Gasteiger partial charge in [-0.25, -0.2) is 0 Å². The van der Waals surface area contributed by atoms with Crippen molar-refractivity contribution in [3.05, 3.63) is 11.6 Å². The molecule has 1 fully saturated rings. The first-order valence-corrected chi connectivity index (χ1v) is 7.37. The van der Waals surface area contributed by atoms with E-state index in [4.69, 9.17) is 18.5 Å². The highest BCUT2D eigenvalue weighted by Crippen LogP contribution is 2.58. The quantitative estimate of drug-likeness (QED) is 0.732. The van der Waals surface area contributed by atoms with Gasteiger partial charge in [0.1, 0.15) is 0 Å². The van der Waals surface area contributed by atoms with Crippen molar-refractivity contribution in [3.8, 4) is 0 Å². The third-order valence-corrected chi connectivity index (χ3v) is 5.14. The molecule has 2 rings (SSSR count). The molecule has 0 spiro atoms. The largest absolute Gasteiger partial charge is 0.456 e. The summed E-state index contributed by atoms with van der Waals surface area (Å²) in [5.41, 5.74) is 0.276. The molecule has 1 saturated heterocycles. The number of hydrogen-bond acceptors (Lipinski definition) is 5. The van der Waals surface area contributed by atoms with Crippen molar-refractivity contribution >= 4 is 7.60 Å². The zero-order valence-corrected chi connectivity index (χ0v) is 11.3. The Hall–Kier alpha value is -0.350. The Labute approximate surface area is 102 Å². The van der Waals surface area contributed by atoms with E-state index in [0.717, 1.165) is 12.8 Å². The molecule has 0 bridgehead atoms. The fourth-order valence-electron chi connectivity index (χ4n) is 2.33. The highest BCUT2D eigenvalue weighted by Gasteiger charge is 2.41. The number of rotatable bonds is 3. The monoisotopic (exact) mass is 262 g/mol. The number of ether oxygens (including phenoxy) is 2. The maximum absolute atomic E-state index is 12.2. The highest BCUT2D eigenvalue weighted by atomic mass is 31.2. The van der Waals surface area contributed by atoms with Crippen molar-refractivity contribution in [2.75, 3.05) is 20.8 Å². The molecule has 2 aliphatic rings. The molecule has 2 aliphatic heterocycles. The van der Waals surface area contributed by atoms with Crippen LogP contribution in [0.25, 0.3) is 0 Å². The Morgan fingerprint density at radius 3 is 2.76 bits per heavy atom. The second kappa shape index (κ2) is 5.11. The van der Waals surface area contributed by atoms with Crippen molar-refractivity contribution in [3.63, 3.8) is 0 Å². The Bertz CT molecular complexity index is 346. The molecule has 0 unspecified atom stereocenters. The molecule has 0 aliphatic carbocycles. The van der Waals surface area contributed by atoms with Crippen LogP contribution in [-0.2, 0) is 23.1 Å². The fraction of sp³-hybridized carbons (Fsp3) is 0.818. The van der Waals surface area contributed by atoms with E-state index in [9.17, 15) is 4.57 Å². The summed E-state index contributed by atoms with van der Waals surface area (Å²) in [6.07, 6.45) is 3.63. The van der Waals surface area contributed by atoms with Crippen molar-refractivity contribution in [1.29, 1.82) is 0 Å². The molecule has 0 amide bonds. The predicted octanol–water partition coefficient (Wildman–Crippen LogP) is 2.73. The van der Waals surface area contributed by atoms with E-state index in [1.165, 1.54) is 14.2 Å². The van der Waals surface area contributed by atoms with E-state index < -0.39 is 7.60 Å².